The molecule has 122 valence electrons. The highest BCUT2D eigenvalue weighted by molar-refractivity contribution is 5.82. The zero-order valence-corrected chi connectivity index (χ0v) is 14.0. The molecule has 2 aliphatic rings. The summed E-state index contributed by atoms with van der Waals surface area (Å²) in [7, 11) is 0. The van der Waals surface area contributed by atoms with E-state index in [1.165, 1.54) is 19.3 Å². The molecule has 4 nitrogen and oxygen atoms in total. The Morgan fingerprint density at radius 1 is 1.19 bits per heavy atom. The first-order valence-corrected chi connectivity index (χ1v) is 8.90. The molecule has 2 rings (SSSR count). The van der Waals surface area contributed by atoms with Gasteiger partial charge in [-0.1, -0.05) is 27.2 Å². The second-order valence-electron chi connectivity index (χ2n) is 6.86. The Bertz CT molecular complexity index is 329. The number of likely N-dealkylation sites (N-methyl/N-ethyl adjacent to an activating group) is 1. The highest BCUT2D eigenvalue weighted by Crippen LogP contribution is 2.39. The molecule has 2 aliphatic carbocycles. The first kappa shape index (κ1) is 16.8. The van der Waals surface area contributed by atoms with Gasteiger partial charge in [0.2, 0.25) is 5.91 Å². The number of nitrogens with two attached hydrogens (primary N) is 1. The third kappa shape index (κ3) is 3.78. The Hall–Kier alpha value is -0.610. The molecule has 0 saturated heterocycles. The van der Waals surface area contributed by atoms with Gasteiger partial charge in [0.15, 0.2) is 0 Å². The molecule has 21 heavy (non-hydrogen) atoms. The largest absolute Gasteiger partial charge is 0.351 e. The molecule has 1 amide bonds. The molecule has 0 heterocycles. The number of nitrogens with one attached hydrogen (secondary N) is 1. The van der Waals surface area contributed by atoms with Crippen molar-refractivity contribution in [2.75, 3.05) is 13.1 Å². The van der Waals surface area contributed by atoms with Gasteiger partial charge in [-0.2, -0.15) is 0 Å². The van der Waals surface area contributed by atoms with Crippen molar-refractivity contribution in [3.8, 4) is 0 Å². The number of hydrogen-bond donors (Lipinski definition) is 2. The first-order valence-electron chi connectivity index (χ1n) is 8.90. The lowest BCUT2D eigenvalue weighted by Crippen LogP contribution is -2.57. The lowest BCUT2D eigenvalue weighted by Gasteiger charge is -2.46. The number of nitrogens with zero attached hydrogens (tertiary/aromatic N) is 1. The van der Waals surface area contributed by atoms with Gasteiger partial charge in [0.25, 0.3) is 0 Å². The zero-order chi connectivity index (χ0) is 15.4. The van der Waals surface area contributed by atoms with Crippen molar-refractivity contribution >= 4 is 5.91 Å². The molecule has 2 fully saturated rings. The molecule has 3 N–H and O–H groups in total. The maximum atomic E-state index is 12.7. The Balaban J connectivity index is 2.00. The fourth-order valence-corrected chi connectivity index (χ4v) is 4.56. The van der Waals surface area contributed by atoms with Crippen molar-refractivity contribution < 1.29 is 4.79 Å². The van der Waals surface area contributed by atoms with E-state index in [0.29, 0.717) is 23.9 Å². The Morgan fingerprint density at radius 3 is 2.24 bits per heavy atom. The molecular formula is C17H33N3O. The smallest absolute Gasteiger partial charge is 0.237 e. The SMILES string of the molecule is CCC(C(=O)NC1C2CCCC1CC(N)C2)N(CC)CC. The highest BCUT2D eigenvalue weighted by atomic mass is 16.2. The molecule has 3 unspecified atom stereocenters. The quantitative estimate of drug-likeness (QED) is 0.789. The van der Waals surface area contributed by atoms with Crippen LogP contribution in [-0.4, -0.2) is 42.0 Å². The van der Waals surface area contributed by atoms with Crippen LogP contribution in [0, 0.1) is 11.8 Å². The third-order valence-corrected chi connectivity index (χ3v) is 5.63. The summed E-state index contributed by atoms with van der Waals surface area (Å²) in [6.45, 7) is 8.25. The molecule has 2 bridgehead atoms. The Morgan fingerprint density at radius 2 is 1.76 bits per heavy atom. The first-order chi connectivity index (χ1) is 10.1. The van der Waals surface area contributed by atoms with Gasteiger partial charge in [-0.05, 0) is 57.0 Å². The second-order valence-corrected chi connectivity index (χ2v) is 6.86. The standard InChI is InChI=1S/C17H33N3O/c1-4-15(20(5-2)6-3)17(21)19-16-12-8-7-9-13(16)11-14(18)10-12/h12-16H,4-11,18H2,1-3H3,(H,19,21). The Kier molecular flexibility index (Phi) is 6.06. The van der Waals surface area contributed by atoms with Crippen LogP contribution in [0.15, 0.2) is 0 Å². The van der Waals surface area contributed by atoms with Gasteiger partial charge in [-0.25, -0.2) is 0 Å². The number of amides is 1. The highest BCUT2D eigenvalue weighted by Gasteiger charge is 2.40. The molecule has 3 atom stereocenters. The number of rotatable bonds is 6. The summed E-state index contributed by atoms with van der Waals surface area (Å²) in [5.74, 6) is 1.44. The predicted octanol–water partition coefficient (Wildman–Crippen LogP) is 2.13. The van der Waals surface area contributed by atoms with Gasteiger partial charge in [-0.15, -0.1) is 0 Å². The fourth-order valence-electron chi connectivity index (χ4n) is 4.56. The average Bonchev–Trinajstić information content (AvgIpc) is 2.45. The van der Waals surface area contributed by atoms with Crippen LogP contribution in [0.2, 0.25) is 0 Å². The van der Waals surface area contributed by atoms with E-state index in [1.807, 2.05) is 0 Å². The van der Waals surface area contributed by atoms with E-state index in [-0.39, 0.29) is 11.9 Å². The summed E-state index contributed by atoms with van der Waals surface area (Å²) in [6.07, 6.45) is 6.83. The Labute approximate surface area is 129 Å². The van der Waals surface area contributed by atoms with Crippen LogP contribution < -0.4 is 11.1 Å². The normalized spacial score (nSPS) is 33.8. The van der Waals surface area contributed by atoms with Crippen molar-refractivity contribution in [1.29, 1.82) is 0 Å². The third-order valence-electron chi connectivity index (χ3n) is 5.63. The van der Waals surface area contributed by atoms with E-state index in [9.17, 15) is 4.79 Å². The maximum Gasteiger partial charge on any atom is 0.237 e. The van der Waals surface area contributed by atoms with Crippen molar-refractivity contribution in [2.45, 2.75) is 77.4 Å². The minimum Gasteiger partial charge on any atom is -0.351 e. The molecule has 0 aromatic rings. The zero-order valence-electron chi connectivity index (χ0n) is 14.0. The molecule has 0 spiro atoms. The van der Waals surface area contributed by atoms with Gasteiger partial charge in [0, 0.05) is 12.1 Å². The molecule has 4 heteroatoms. The van der Waals surface area contributed by atoms with Crippen LogP contribution in [-0.2, 0) is 4.79 Å². The van der Waals surface area contributed by atoms with Crippen LogP contribution in [0.3, 0.4) is 0 Å². The maximum absolute atomic E-state index is 12.7. The number of carbonyl (C=O) groups is 1. The van der Waals surface area contributed by atoms with E-state index in [2.05, 4.69) is 31.0 Å². The fraction of sp³-hybridized carbons (Fsp3) is 0.941. The summed E-state index contributed by atoms with van der Waals surface area (Å²) >= 11 is 0. The molecular weight excluding hydrogens is 262 g/mol. The predicted molar refractivity (Wildman–Crippen MR) is 87.0 cm³/mol. The monoisotopic (exact) mass is 295 g/mol. The van der Waals surface area contributed by atoms with Crippen molar-refractivity contribution in [3.05, 3.63) is 0 Å². The average molecular weight is 295 g/mol. The van der Waals surface area contributed by atoms with E-state index < -0.39 is 0 Å². The van der Waals surface area contributed by atoms with Gasteiger partial charge >= 0.3 is 0 Å². The van der Waals surface area contributed by atoms with Crippen LogP contribution >= 0.6 is 0 Å². The second kappa shape index (κ2) is 7.59. The summed E-state index contributed by atoms with van der Waals surface area (Å²) in [5, 5.41) is 3.41. The number of hydrogen-bond acceptors (Lipinski definition) is 3. The summed E-state index contributed by atoms with van der Waals surface area (Å²) < 4.78 is 0. The van der Waals surface area contributed by atoms with Crippen LogP contribution in [0.1, 0.15) is 59.3 Å². The lowest BCUT2D eigenvalue weighted by molar-refractivity contribution is -0.128. The summed E-state index contributed by atoms with van der Waals surface area (Å²) in [6, 6.07) is 0.741. The van der Waals surface area contributed by atoms with Crippen molar-refractivity contribution in [3.63, 3.8) is 0 Å². The molecule has 0 aliphatic heterocycles. The molecule has 0 aromatic carbocycles. The van der Waals surface area contributed by atoms with Gasteiger partial charge in [0.05, 0.1) is 6.04 Å². The number of fused-ring (bicyclic) bond motifs is 2. The minimum absolute atomic E-state index is 0.0244. The molecule has 0 aromatic heterocycles. The number of carbonyl (C=O) groups excluding carboxylic acids is 1. The van der Waals surface area contributed by atoms with Gasteiger partial charge in [0.1, 0.15) is 0 Å². The van der Waals surface area contributed by atoms with Crippen LogP contribution in [0.4, 0.5) is 0 Å². The van der Waals surface area contributed by atoms with Gasteiger partial charge < -0.3 is 11.1 Å². The molecule has 2 saturated carbocycles. The summed E-state index contributed by atoms with van der Waals surface area (Å²) in [5.41, 5.74) is 6.17. The van der Waals surface area contributed by atoms with E-state index >= 15 is 0 Å². The lowest BCUT2D eigenvalue weighted by atomic mass is 9.67. The van der Waals surface area contributed by atoms with E-state index in [4.69, 9.17) is 5.73 Å². The molecule has 0 radical (unpaired) electrons. The summed E-state index contributed by atoms with van der Waals surface area (Å²) in [4.78, 5) is 15.0. The van der Waals surface area contributed by atoms with Crippen LogP contribution in [0.5, 0.6) is 0 Å². The van der Waals surface area contributed by atoms with Crippen molar-refractivity contribution in [2.24, 2.45) is 17.6 Å². The van der Waals surface area contributed by atoms with Gasteiger partial charge in [-0.3, -0.25) is 9.69 Å². The van der Waals surface area contributed by atoms with Crippen molar-refractivity contribution in [1.82, 2.24) is 10.2 Å². The topological polar surface area (TPSA) is 58.4 Å². The van der Waals surface area contributed by atoms with Crippen LogP contribution in [0.25, 0.3) is 0 Å². The van der Waals surface area contributed by atoms with E-state index in [1.54, 1.807) is 0 Å². The van der Waals surface area contributed by atoms with E-state index in [0.717, 1.165) is 32.4 Å². The minimum atomic E-state index is 0.0244.